The Kier molecular flexibility index (Phi) is 3.98. The Morgan fingerprint density at radius 3 is 2.47 bits per heavy atom. The van der Waals surface area contributed by atoms with Gasteiger partial charge in [0.2, 0.25) is 0 Å². The van der Waals surface area contributed by atoms with Crippen LogP contribution in [0.3, 0.4) is 0 Å². The molecule has 2 aromatic carbocycles. The van der Waals surface area contributed by atoms with Gasteiger partial charge in [0.25, 0.3) is 0 Å². The molecule has 0 heterocycles. The predicted molar refractivity (Wildman–Crippen MR) is 72.5 cm³/mol. The van der Waals surface area contributed by atoms with Gasteiger partial charge in [-0.15, -0.1) is 0 Å². The van der Waals surface area contributed by atoms with Crippen LogP contribution in [0.5, 0.6) is 0 Å². The maximum Gasteiger partial charge on any atom is 0.138 e. The van der Waals surface area contributed by atoms with E-state index < -0.39 is 5.60 Å². The van der Waals surface area contributed by atoms with Gasteiger partial charge in [-0.1, -0.05) is 36.4 Å². The third-order valence-corrected chi connectivity index (χ3v) is 3.25. The second kappa shape index (κ2) is 5.51. The van der Waals surface area contributed by atoms with E-state index in [1.807, 2.05) is 37.3 Å². The van der Waals surface area contributed by atoms with Crippen LogP contribution in [0.15, 0.2) is 48.5 Å². The van der Waals surface area contributed by atoms with Crippen LogP contribution in [0.1, 0.15) is 16.7 Å². The molecule has 1 atom stereocenters. The van der Waals surface area contributed by atoms with Crippen LogP contribution in [-0.2, 0) is 10.3 Å². The van der Waals surface area contributed by atoms with Gasteiger partial charge in [0.05, 0.1) is 6.61 Å². The molecule has 1 N–H and O–H groups in total. The van der Waals surface area contributed by atoms with Crippen LogP contribution in [0.2, 0.25) is 0 Å². The Hall–Kier alpha value is -1.71. The highest BCUT2D eigenvalue weighted by Gasteiger charge is 2.33. The summed E-state index contributed by atoms with van der Waals surface area (Å²) < 4.78 is 18.6. The van der Waals surface area contributed by atoms with Gasteiger partial charge in [-0.2, -0.15) is 0 Å². The van der Waals surface area contributed by atoms with E-state index in [2.05, 4.69) is 0 Å². The standard InChI is InChI=1S/C16H17FO2/c1-12-8-9-14(17)10-15(12)16(18,11-19-2)13-6-4-3-5-7-13/h3-10,18H,11H2,1-2H3. The Morgan fingerprint density at radius 2 is 1.84 bits per heavy atom. The molecule has 0 saturated heterocycles. The van der Waals surface area contributed by atoms with Crippen molar-refractivity contribution in [3.8, 4) is 0 Å². The fraction of sp³-hybridized carbons (Fsp3) is 0.250. The summed E-state index contributed by atoms with van der Waals surface area (Å²) in [5.41, 5.74) is 0.693. The quantitative estimate of drug-likeness (QED) is 0.915. The van der Waals surface area contributed by atoms with E-state index >= 15 is 0 Å². The van der Waals surface area contributed by atoms with E-state index in [9.17, 15) is 9.50 Å². The average Bonchev–Trinajstić information content (AvgIpc) is 2.42. The monoisotopic (exact) mass is 260 g/mol. The van der Waals surface area contributed by atoms with E-state index in [1.165, 1.54) is 19.2 Å². The van der Waals surface area contributed by atoms with Crippen molar-refractivity contribution in [2.45, 2.75) is 12.5 Å². The molecule has 0 aliphatic carbocycles. The third kappa shape index (κ3) is 2.67. The van der Waals surface area contributed by atoms with Crippen LogP contribution in [0.4, 0.5) is 4.39 Å². The number of aliphatic hydroxyl groups is 1. The van der Waals surface area contributed by atoms with E-state index in [0.717, 1.165) is 5.56 Å². The molecule has 2 aromatic rings. The zero-order valence-electron chi connectivity index (χ0n) is 11.1. The van der Waals surface area contributed by atoms with E-state index in [1.54, 1.807) is 6.07 Å². The van der Waals surface area contributed by atoms with Crippen LogP contribution in [0.25, 0.3) is 0 Å². The van der Waals surface area contributed by atoms with Crippen molar-refractivity contribution in [3.05, 3.63) is 71.0 Å². The second-order valence-corrected chi connectivity index (χ2v) is 4.62. The second-order valence-electron chi connectivity index (χ2n) is 4.62. The van der Waals surface area contributed by atoms with Crippen molar-refractivity contribution in [1.82, 2.24) is 0 Å². The van der Waals surface area contributed by atoms with E-state index in [4.69, 9.17) is 4.74 Å². The fourth-order valence-electron chi connectivity index (χ4n) is 2.28. The molecule has 0 aromatic heterocycles. The number of benzene rings is 2. The molecule has 3 heteroatoms. The molecule has 0 bridgehead atoms. The summed E-state index contributed by atoms with van der Waals surface area (Å²) >= 11 is 0. The average molecular weight is 260 g/mol. The van der Waals surface area contributed by atoms with Gasteiger partial charge in [0, 0.05) is 7.11 Å². The Labute approximate surface area is 112 Å². The molecule has 0 saturated carbocycles. The summed E-state index contributed by atoms with van der Waals surface area (Å²) in [5.74, 6) is -0.369. The zero-order chi connectivity index (χ0) is 13.9. The Balaban J connectivity index is 2.59. The fourth-order valence-corrected chi connectivity index (χ4v) is 2.28. The first-order valence-electron chi connectivity index (χ1n) is 6.11. The maximum absolute atomic E-state index is 13.5. The van der Waals surface area contributed by atoms with Crippen molar-refractivity contribution >= 4 is 0 Å². The summed E-state index contributed by atoms with van der Waals surface area (Å²) in [7, 11) is 1.52. The smallest absolute Gasteiger partial charge is 0.138 e. The number of methoxy groups -OCH3 is 1. The van der Waals surface area contributed by atoms with Crippen LogP contribution in [-0.4, -0.2) is 18.8 Å². The highest BCUT2D eigenvalue weighted by atomic mass is 19.1. The molecule has 0 aliphatic heterocycles. The first-order chi connectivity index (χ1) is 9.08. The molecule has 100 valence electrons. The van der Waals surface area contributed by atoms with E-state index in [-0.39, 0.29) is 12.4 Å². The van der Waals surface area contributed by atoms with Crippen LogP contribution >= 0.6 is 0 Å². The number of hydrogen-bond donors (Lipinski definition) is 1. The lowest BCUT2D eigenvalue weighted by Crippen LogP contribution is -2.33. The first kappa shape index (κ1) is 13.7. The van der Waals surface area contributed by atoms with Gasteiger partial charge >= 0.3 is 0 Å². The van der Waals surface area contributed by atoms with Crippen molar-refractivity contribution < 1.29 is 14.2 Å². The van der Waals surface area contributed by atoms with Crippen molar-refractivity contribution in [3.63, 3.8) is 0 Å². The highest BCUT2D eigenvalue weighted by molar-refractivity contribution is 5.41. The zero-order valence-corrected chi connectivity index (χ0v) is 11.1. The number of halogens is 1. The number of ether oxygens (including phenoxy) is 1. The Bertz CT molecular complexity index is 554. The topological polar surface area (TPSA) is 29.5 Å². The molecule has 19 heavy (non-hydrogen) atoms. The number of hydrogen-bond acceptors (Lipinski definition) is 2. The van der Waals surface area contributed by atoms with Gasteiger partial charge < -0.3 is 9.84 Å². The highest BCUT2D eigenvalue weighted by Crippen LogP contribution is 2.32. The maximum atomic E-state index is 13.5. The molecular weight excluding hydrogens is 243 g/mol. The molecule has 0 amide bonds. The van der Waals surface area contributed by atoms with Gasteiger partial charge in [0.1, 0.15) is 11.4 Å². The predicted octanol–water partition coefficient (Wildman–Crippen LogP) is 3.02. The molecule has 0 aliphatic rings. The van der Waals surface area contributed by atoms with Gasteiger partial charge in [0.15, 0.2) is 0 Å². The molecule has 1 unspecified atom stereocenters. The number of rotatable bonds is 4. The molecule has 2 nitrogen and oxygen atoms in total. The normalized spacial score (nSPS) is 14.1. The molecule has 0 fully saturated rings. The Morgan fingerprint density at radius 1 is 1.16 bits per heavy atom. The SMILES string of the molecule is COCC(O)(c1ccccc1)c1cc(F)ccc1C. The third-order valence-electron chi connectivity index (χ3n) is 3.25. The van der Waals surface area contributed by atoms with Crippen molar-refractivity contribution in [2.24, 2.45) is 0 Å². The van der Waals surface area contributed by atoms with Gasteiger partial charge in [-0.3, -0.25) is 0 Å². The van der Waals surface area contributed by atoms with Crippen LogP contribution in [0, 0.1) is 12.7 Å². The van der Waals surface area contributed by atoms with Crippen molar-refractivity contribution in [2.75, 3.05) is 13.7 Å². The summed E-state index contributed by atoms with van der Waals surface area (Å²) in [6, 6.07) is 13.6. The molecule has 0 radical (unpaired) electrons. The largest absolute Gasteiger partial charge is 0.381 e. The minimum Gasteiger partial charge on any atom is -0.381 e. The van der Waals surface area contributed by atoms with Crippen LogP contribution < -0.4 is 0 Å². The molecule has 2 rings (SSSR count). The molecule has 0 spiro atoms. The summed E-state index contributed by atoms with van der Waals surface area (Å²) in [6.07, 6.45) is 0. The summed E-state index contributed by atoms with van der Waals surface area (Å²) in [6.45, 7) is 1.92. The van der Waals surface area contributed by atoms with Gasteiger partial charge in [-0.05, 0) is 35.7 Å². The summed E-state index contributed by atoms with van der Waals surface area (Å²) in [4.78, 5) is 0. The molecular formula is C16H17FO2. The van der Waals surface area contributed by atoms with Crippen molar-refractivity contribution in [1.29, 1.82) is 0 Å². The van der Waals surface area contributed by atoms with Gasteiger partial charge in [-0.25, -0.2) is 4.39 Å². The van der Waals surface area contributed by atoms with E-state index in [0.29, 0.717) is 11.1 Å². The minimum absolute atomic E-state index is 0.0707. The lowest BCUT2D eigenvalue weighted by Gasteiger charge is -2.30. The number of aryl methyl sites for hydroxylation is 1. The minimum atomic E-state index is -1.35. The summed E-state index contributed by atoms with van der Waals surface area (Å²) in [5, 5.41) is 11.0. The first-order valence-corrected chi connectivity index (χ1v) is 6.11. The lowest BCUT2D eigenvalue weighted by molar-refractivity contribution is -0.00390. The lowest BCUT2D eigenvalue weighted by atomic mass is 9.84.